The summed E-state index contributed by atoms with van der Waals surface area (Å²) < 4.78 is 22.1. The Morgan fingerprint density at radius 3 is 2.49 bits per heavy atom. The third kappa shape index (κ3) is 5.54. The summed E-state index contributed by atoms with van der Waals surface area (Å²) in [4.78, 5) is 21.9. The maximum atomic E-state index is 14.8. The molecule has 0 spiro atoms. The SMILES string of the molecule is CC(C)(C)OC(=O)N(Cc1ccc(Cl)cc1F)c1cc(-c2ccc(N3CCCC3)cc2)nc2ccnn12. The fourth-order valence-corrected chi connectivity index (χ4v) is 4.59. The lowest BCUT2D eigenvalue weighted by Crippen LogP contribution is -2.38. The summed E-state index contributed by atoms with van der Waals surface area (Å²) in [5.41, 5.74) is 2.85. The van der Waals surface area contributed by atoms with Crippen LogP contribution in [-0.4, -0.2) is 39.4 Å². The summed E-state index contributed by atoms with van der Waals surface area (Å²) in [6, 6.07) is 16.2. The van der Waals surface area contributed by atoms with Gasteiger partial charge in [0.1, 0.15) is 17.2 Å². The zero-order valence-corrected chi connectivity index (χ0v) is 21.9. The molecule has 2 aromatic carbocycles. The van der Waals surface area contributed by atoms with E-state index in [0.29, 0.717) is 22.7 Å². The lowest BCUT2D eigenvalue weighted by molar-refractivity contribution is 0.0575. The molecule has 1 fully saturated rings. The third-order valence-electron chi connectivity index (χ3n) is 6.21. The number of rotatable bonds is 5. The van der Waals surface area contributed by atoms with E-state index in [4.69, 9.17) is 21.3 Å². The molecule has 0 atom stereocenters. The van der Waals surface area contributed by atoms with E-state index in [2.05, 4.69) is 22.1 Å². The van der Waals surface area contributed by atoms with Gasteiger partial charge >= 0.3 is 6.09 Å². The van der Waals surface area contributed by atoms with Crippen molar-refractivity contribution in [3.05, 3.63) is 77.2 Å². The van der Waals surface area contributed by atoms with Crippen molar-refractivity contribution in [2.24, 2.45) is 0 Å². The highest BCUT2D eigenvalue weighted by Gasteiger charge is 2.27. The van der Waals surface area contributed by atoms with Gasteiger partial charge in [0.05, 0.1) is 18.4 Å². The molecule has 37 heavy (non-hydrogen) atoms. The summed E-state index contributed by atoms with van der Waals surface area (Å²) in [5, 5.41) is 4.66. The standard InChI is InChI=1S/C28H29ClFN5O2/c1-28(2,3)37-27(36)34(18-20-6-9-21(29)16-23(20)30)26-17-24(32-25-12-13-31-35(25)26)19-7-10-22(11-8-19)33-14-4-5-15-33/h6-13,16-17H,4-5,14-15,18H2,1-3H3. The molecule has 1 aliphatic rings. The van der Waals surface area contributed by atoms with Crippen LogP contribution in [0, 0.1) is 5.82 Å². The molecule has 0 radical (unpaired) electrons. The van der Waals surface area contributed by atoms with Crippen molar-refractivity contribution in [3.63, 3.8) is 0 Å². The van der Waals surface area contributed by atoms with Crippen molar-refractivity contribution in [1.29, 1.82) is 0 Å². The van der Waals surface area contributed by atoms with Gasteiger partial charge in [-0.25, -0.2) is 14.2 Å². The molecule has 7 nitrogen and oxygen atoms in total. The number of anilines is 2. The van der Waals surface area contributed by atoms with Gasteiger partial charge in [0.2, 0.25) is 0 Å². The van der Waals surface area contributed by atoms with Crippen molar-refractivity contribution in [1.82, 2.24) is 14.6 Å². The topological polar surface area (TPSA) is 63.0 Å². The van der Waals surface area contributed by atoms with Gasteiger partial charge < -0.3 is 9.64 Å². The summed E-state index contributed by atoms with van der Waals surface area (Å²) in [6.07, 6.45) is 3.40. The second kappa shape index (κ2) is 10.0. The first-order valence-corrected chi connectivity index (χ1v) is 12.7. The number of amides is 1. The summed E-state index contributed by atoms with van der Waals surface area (Å²) in [6.45, 7) is 7.41. The van der Waals surface area contributed by atoms with E-state index in [0.717, 1.165) is 18.7 Å². The Bertz CT molecular complexity index is 1430. The number of nitrogens with zero attached hydrogens (tertiary/aromatic N) is 5. The minimum Gasteiger partial charge on any atom is -0.443 e. The number of carbonyl (C=O) groups excluding carboxylic acids is 1. The fraction of sp³-hybridized carbons (Fsp3) is 0.321. The van der Waals surface area contributed by atoms with Crippen molar-refractivity contribution < 1.29 is 13.9 Å². The predicted octanol–water partition coefficient (Wildman–Crippen LogP) is 6.73. The zero-order chi connectivity index (χ0) is 26.2. The van der Waals surface area contributed by atoms with Gasteiger partial charge in [-0.3, -0.25) is 4.90 Å². The van der Waals surface area contributed by atoms with Gasteiger partial charge in [-0.05, 0) is 57.9 Å². The highest BCUT2D eigenvalue weighted by atomic mass is 35.5. The van der Waals surface area contributed by atoms with Crippen molar-refractivity contribution in [3.8, 4) is 11.3 Å². The van der Waals surface area contributed by atoms with E-state index in [1.54, 1.807) is 55.7 Å². The van der Waals surface area contributed by atoms with Crippen LogP contribution in [0.25, 0.3) is 16.9 Å². The van der Waals surface area contributed by atoms with Gasteiger partial charge in [-0.1, -0.05) is 29.8 Å². The van der Waals surface area contributed by atoms with E-state index < -0.39 is 17.5 Å². The molecule has 0 unspecified atom stereocenters. The number of hydrogen-bond acceptors (Lipinski definition) is 5. The normalized spacial score (nSPS) is 13.8. The highest BCUT2D eigenvalue weighted by molar-refractivity contribution is 6.30. The Balaban J connectivity index is 1.57. The monoisotopic (exact) mass is 521 g/mol. The van der Waals surface area contributed by atoms with Crippen LogP contribution in [0.5, 0.6) is 0 Å². The number of hydrogen-bond donors (Lipinski definition) is 0. The molecule has 1 amide bonds. The molecule has 5 rings (SSSR count). The molecule has 0 aliphatic carbocycles. The molecular formula is C28H29ClFN5O2. The Hall–Kier alpha value is -3.65. The van der Waals surface area contributed by atoms with Crippen molar-refractivity contribution >= 4 is 34.8 Å². The molecule has 192 valence electrons. The minimum absolute atomic E-state index is 0.0791. The van der Waals surface area contributed by atoms with Crippen LogP contribution in [0.4, 0.5) is 20.7 Å². The lowest BCUT2D eigenvalue weighted by Gasteiger charge is -2.28. The predicted molar refractivity (Wildman–Crippen MR) is 144 cm³/mol. The van der Waals surface area contributed by atoms with E-state index >= 15 is 0 Å². The summed E-state index contributed by atoms with van der Waals surface area (Å²) in [7, 11) is 0. The van der Waals surface area contributed by atoms with Crippen LogP contribution in [0.3, 0.4) is 0 Å². The van der Waals surface area contributed by atoms with Crippen LogP contribution in [-0.2, 0) is 11.3 Å². The largest absolute Gasteiger partial charge is 0.443 e. The van der Waals surface area contributed by atoms with Crippen LogP contribution >= 0.6 is 11.6 Å². The highest BCUT2D eigenvalue weighted by Crippen LogP contribution is 2.30. The van der Waals surface area contributed by atoms with Crippen LogP contribution in [0.1, 0.15) is 39.2 Å². The van der Waals surface area contributed by atoms with Gasteiger partial charge in [0, 0.05) is 47.1 Å². The number of halogens is 2. The van der Waals surface area contributed by atoms with E-state index in [1.807, 2.05) is 12.1 Å². The molecule has 0 bridgehead atoms. The molecule has 1 saturated heterocycles. The first kappa shape index (κ1) is 25.0. The second-order valence-electron chi connectivity index (χ2n) is 10.1. The molecule has 1 aliphatic heterocycles. The number of carbonyl (C=O) groups is 1. The van der Waals surface area contributed by atoms with Gasteiger partial charge in [-0.15, -0.1) is 0 Å². The molecular weight excluding hydrogens is 493 g/mol. The van der Waals surface area contributed by atoms with E-state index in [1.165, 1.54) is 29.5 Å². The van der Waals surface area contributed by atoms with Gasteiger partial charge in [0.25, 0.3) is 0 Å². The first-order chi connectivity index (χ1) is 17.7. The Morgan fingerprint density at radius 2 is 1.81 bits per heavy atom. The lowest BCUT2D eigenvalue weighted by atomic mass is 10.1. The maximum Gasteiger partial charge on any atom is 0.416 e. The van der Waals surface area contributed by atoms with Crippen LogP contribution < -0.4 is 9.80 Å². The van der Waals surface area contributed by atoms with Gasteiger partial charge in [0.15, 0.2) is 5.65 Å². The number of ether oxygens (including phenoxy) is 1. The van der Waals surface area contributed by atoms with Crippen LogP contribution in [0.15, 0.2) is 60.8 Å². The average molecular weight is 522 g/mol. The van der Waals surface area contributed by atoms with Crippen molar-refractivity contribution in [2.75, 3.05) is 22.9 Å². The molecule has 4 aromatic rings. The van der Waals surface area contributed by atoms with E-state index in [9.17, 15) is 9.18 Å². The number of aromatic nitrogens is 3. The molecule has 2 aromatic heterocycles. The first-order valence-electron chi connectivity index (χ1n) is 12.3. The Labute approximate surface area is 220 Å². The third-order valence-corrected chi connectivity index (χ3v) is 6.44. The molecule has 0 N–H and O–H groups in total. The average Bonchev–Trinajstić information content (AvgIpc) is 3.54. The Morgan fingerprint density at radius 1 is 1.08 bits per heavy atom. The maximum absolute atomic E-state index is 14.8. The summed E-state index contributed by atoms with van der Waals surface area (Å²) in [5.74, 6) is -0.0956. The summed E-state index contributed by atoms with van der Waals surface area (Å²) >= 11 is 5.95. The molecule has 0 saturated carbocycles. The number of benzene rings is 2. The van der Waals surface area contributed by atoms with E-state index in [-0.39, 0.29) is 11.6 Å². The molecule has 3 heterocycles. The quantitative estimate of drug-likeness (QED) is 0.291. The fourth-order valence-electron chi connectivity index (χ4n) is 4.43. The zero-order valence-electron chi connectivity index (χ0n) is 21.1. The molecule has 9 heteroatoms. The number of fused-ring (bicyclic) bond motifs is 1. The van der Waals surface area contributed by atoms with Crippen LogP contribution in [0.2, 0.25) is 5.02 Å². The smallest absolute Gasteiger partial charge is 0.416 e. The van der Waals surface area contributed by atoms with Gasteiger partial charge in [-0.2, -0.15) is 9.61 Å². The Kier molecular flexibility index (Phi) is 6.77. The van der Waals surface area contributed by atoms with Crippen molar-refractivity contribution in [2.45, 2.75) is 45.8 Å². The minimum atomic E-state index is -0.752. The second-order valence-corrected chi connectivity index (χ2v) is 10.6.